The van der Waals surface area contributed by atoms with Crippen LogP contribution in [0, 0.1) is 0 Å². The van der Waals surface area contributed by atoms with Gasteiger partial charge in [0.2, 0.25) is 5.13 Å². The third-order valence-corrected chi connectivity index (χ3v) is 5.15. The SMILES string of the molecule is CN(c1nc(C2CC2)ns1)C1CCCCC1Cl. The molecule has 0 aliphatic heterocycles. The fraction of sp³-hybridized carbons (Fsp3) is 0.833. The van der Waals surface area contributed by atoms with Gasteiger partial charge in [0, 0.05) is 30.5 Å². The highest BCUT2D eigenvalue weighted by Crippen LogP contribution is 2.40. The zero-order chi connectivity index (χ0) is 11.8. The predicted molar refractivity (Wildman–Crippen MR) is 72.2 cm³/mol. The van der Waals surface area contributed by atoms with Crippen molar-refractivity contribution in [1.82, 2.24) is 9.36 Å². The first-order valence-electron chi connectivity index (χ1n) is 6.46. The first kappa shape index (κ1) is 11.7. The molecular formula is C12H18ClN3S. The largest absolute Gasteiger partial charge is 0.345 e. The highest BCUT2D eigenvalue weighted by molar-refractivity contribution is 7.09. The molecule has 0 aromatic carbocycles. The molecule has 0 amide bonds. The average molecular weight is 272 g/mol. The Labute approximate surface area is 111 Å². The van der Waals surface area contributed by atoms with Crippen molar-refractivity contribution < 1.29 is 0 Å². The molecule has 2 aliphatic rings. The molecule has 0 N–H and O–H groups in total. The van der Waals surface area contributed by atoms with E-state index >= 15 is 0 Å². The number of halogens is 1. The van der Waals surface area contributed by atoms with Gasteiger partial charge in [-0.05, 0) is 25.7 Å². The van der Waals surface area contributed by atoms with Crippen LogP contribution in [-0.4, -0.2) is 27.8 Å². The van der Waals surface area contributed by atoms with Crippen LogP contribution in [0.4, 0.5) is 5.13 Å². The average Bonchev–Trinajstić information content (AvgIpc) is 3.07. The molecule has 1 heterocycles. The molecule has 0 radical (unpaired) electrons. The van der Waals surface area contributed by atoms with E-state index in [-0.39, 0.29) is 5.38 Å². The molecule has 2 fully saturated rings. The summed E-state index contributed by atoms with van der Waals surface area (Å²) in [7, 11) is 2.11. The molecule has 0 bridgehead atoms. The van der Waals surface area contributed by atoms with Gasteiger partial charge in [0.05, 0.1) is 5.38 Å². The van der Waals surface area contributed by atoms with Crippen molar-refractivity contribution in [3.63, 3.8) is 0 Å². The van der Waals surface area contributed by atoms with E-state index in [4.69, 9.17) is 11.6 Å². The Morgan fingerprint density at radius 3 is 2.71 bits per heavy atom. The number of hydrogen-bond acceptors (Lipinski definition) is 4. The Balaban J connectivity index is 1.72. The number of aromatic nitrogens is 2. The summed E-state index contributed by atoms with van der Waals surface area (Å²) in [5.74, 6) is 1.70. The smallest absolute Gasteiger partial charge is 0.205 e. The summed E-state index contributed by atoms with van der Waals surface area (Å²) in [5.41, 5.74) is 0. The molecule has 3 nitrogen and oxygen atoms in total. The van der Waals surface area contributed by atoms with E-state index in [1.807, 2.05) is 0 Å². The van der Waals surface area contributed by atoms with Gasteiger partial charge in [0.1, 0.15) is 5.82 Å². The summed E-state index contributed by atoms with van der Waals surface area (Å²) in [6.07, 6.45) is 7.39. The van der Waals surface area contributed by atoms with E-state index in [9.17, 15) is 0 Å². The molecule has 94 valence electrons. The zero-order valence-electron chi connectivity index (χ0n) is 10.1. The third-order valence-electron chi connectivity index (χ3n) is 3.82. The van der Waals surface area contributed by atoms with Crippen molar-refractivity contribution in [2.75, 3.05) is 11.9 Å². The van der Waals surface area contributed by atoms with Crippen molar-refractivity contribution >= 4 is 28.3 Å². The molecule has 0 spiro atoms. The summed E-state index contributed by atoms with van der Waals surface area (Å²) in [6, 6.07) is 0.436. The number of alkyl halides is 1. The summed E-state index contributed by atoms with van der Waals surface area (Å²) in [5, 5.41) is 1.31. The van der Waals surface area contributed by atoms with E-state index in [1.165, 1.54) is 43.6 Å². The highest BCUT2D eigenvalue weighted by Gasteiger charge is 2.31. The summed E-state index contributed by atoms with van der Waals surface area (Å²) < 4.78 is 4.46. The van der Waals surface area contributed by atoms with Crippen LogP contribution < -0.4 is 4.90 Å². The Morgan fingerprint density at radius 2 is 2.00 bits per heavy atom. The lowest BCUT2D eigenvalue weighted by Crippen LogP contribution is -2.40. The van der Waals surface area contributed by atoms with Crippen LogP contribution >= 0.6 is 23.1 Å². The monoisotopic (exact) mass is 271 g/mol. The van der Waals surface area contributed by atoms with Gasteiger partial charge >= 0.3 is 0 Å². The number of rotatable bonds is 3. The summed E-state index contributed by atoms with van der Waals surface area (Å²) >= 11 is 7.95. The summed E-state index contributed by atoms with van der Waals surface area (Å²) in [4.78, 5) is 6.91. The highest BCUT2D eigenvalue weighted by atomic mass is 35.5. The van der Waals surface area contributed by atoms with Crippen molar-refractivity contribution in [2.24, 2.45) is 0 Å². The van der Waals surface area contributed by atoms with Gasteiger partial charge in [-0.15, -0.1) is 11.6 Å². The summed E-state index contributed by atoms with van der Waals surface area (Å²) in [6.45, 7) is 0. The van der Waals surface area contributed by atoms with Crippen LogP contribution in [-0.2, 0) is 0 Å². The molecule has 0 saturated heterocycles. The fourth-order valence-corrected chi connectivity index (χ4v) is 3.73. The quantitative estimate of drug-likeness (QED) is 0.789. The molecule has 1 aromatic rings. The van der Waals surface area contributed by atoms with Crippen LogP contribution in [0.3, 0.4) is 0 Å². The van der Waals surface area contributed by atoms with E-state index in [0.29, 0.717) is 12.0 Å². The van der Waals surface area contributed by atoms with E-state index in [0.717, 1.165) is 17.4 Å². The van der Waals surface area contributed by atoms with Crippen molar-refractivity contribution in [2.45, 2.75) is 55.9 Å². The van der Waals surface area contributed by atoms with Crippen molar-refractivity contribution in [3.05, 3.63) is 5.82 Å². The zero-order valence-corrected chi connectivity index (χ0v) is 11.7. The van der Waals surface area contributed by atoms with Gasteiger partial charge in [0.25, 0.3) is 0 Å². The van der Waals surface area contributed by atoms with Gasteiger partial charge in [-0.3, -0.25) is 0 Å². The molecule has 5 heteroatoms. The Morgan fingerprint density at radius 1 is 1.24 bits per heavy atom. The maximum Gasteiger partial charge on any atom is 0.205 e. The van der Waals surface area contributed by atoms with Crippen molar-refractivity contribution in [1.29, 1.82) is 0 Å². The number of nitrogens with zero attached hydrogens (tertiary/aromatic N) is 3. The Bertz CT molecular complexity index is 391. The Kier molecular flexibility index (Phi) is 3.26. The molecule has 2 aliphatic carbocycles. The second-order valence-corrected chi connectivity index (χ2v) is 6.48. The van der Waals surface area contributed by atoms with Crippen LogP contribution in [0.5, 0.6) is 0 Å². The molecule has 2 unspecified atom stereocenters. The maximum atomic E-state index is 6.42. The van der Waals surface area contributed by atoms with Gasteiger partial charge < -0.3 is 4.90 Å². The fourth-order valence-electron chi connectivity index (χ4n) is 2.52. The number of hydrogen-bond donors (Lipinski definition) is 0. The van der Waals surface area contributed by atoms with Crippen LogP contribution in [0.2, 0.25) is 0 Å². The minimum absolute atomic E-state index is 0.266. The first-order chi connectivity index (χ1) is 8.25. The molecule has 2 saturated carbocycles. The molecule has 3 rings (SSSR count). The first-order valence-corrected chi connectivity index (χ1v) is 7.67. The lowest BCUT2D eigenvalue weighted by atomic mass is 9.94. The van der Waals surface area contributed by atoms with Gasteiger partial charge in [-0.25, -0.2) is 4.98 Å². The van der Waals surface area contributed by atoms with E-state index in [1.54, 1.807) is 0 Å². The second-order valence-electron chi connectivity index (χ2n) is 5.19. The van der Waals surface area contributed by atoms with Gasteiger partial charge in [-0.2, -0.15) is 4.37 Å². The van der Waals surface area contributed by atoms with Crippen LogP contribution in [0.1, 0.15) is 50.3 Å². The lowest BCUT2D eigenvalue weighted by Gasteiger charge is -2.34. The number of anilines is 1. The topological polar surface area (TPSA) is 29.0 Å². The van der Waals surface area contributed by atoms with Crippen molar-refractivity contribution in [3.8, 4) is 0 Å². The minimum atomic E-state index is 0.266. The molecular weight excluding hydrogens is 254 g/mol. The normalized spacial score (nSPS) is 29.3. The van der Waals surface area contributed by atoms with E-state index in [2.05, 4.69) is 21.3 Å². The molecule has 2 atom stereocenters. The van der Waals surface area contributed by atoms with Gasteiger partial charge in [-0.1, -0.05) is 12.8 Å². The maximum absolute atomic E-state index is 6.42. The van der Waals surface area contributed by atoms with Gasteiger partial charge in [0.15, 0.2) is 0 Å². The predicted octanol–water partition coefficient (Wildman–Crippen LogP) is 3.40. The van der Waals surface area contributed by atoms with Crippen LogP contribution in [0.25, 0.3) is 0 Å². The molecule has 17 heavy (non-hydrogen) atoms. The molecule has 1 aromatic heterocycles. The third kappa shape index (κ3) is 2.43. The standard InChI is InChI=1S/C12H18ClN3S/c1-16(10-5-3-2-4-9(10)13)12-14-11(15-17-12)8-6-7-8/h8-10H,2-7H2,1H3. The van der Waals surface area contributed by atoms with Crippen LogP contribution in [0.15, 0.2) is 0 Å². The Hall–Kier alpha value is -0.350. The van der Waals surface area contributed by atoms with E-state index < -0.39 is 0 Å². The second kappa shape index (κ2) is 4.73. The minimum Gasteiger partial charge on any atom is -0.345 e. The lowest BCUT2D eigenvalue weighted by molar-refractivity contribution is 0.434.